The predicted molar refractivity (Wildman–Crippen MR) is 104 cm³/mol. The number of aromatic nitrogens is 2. The quantitative estimate of drug-likeness (QED) is 0.847. The zero-order chi connectivity index (χ0) is 19.7. The first-order chi connectivity index (χ1) is 12.7. The summed E-state index contributed by atoms with van der Waals surface area (Å²) in [6.45, 7) is 10.7. The number of carbonyl (C=O) groups is 2. The monoisotopic (exact) mass is 370 g/mol. The minimum Gasteiger partial charge on any atom is -0.479 e. The van der Waals surface area contributed by atoms with Crippen molar-refractivity contribution in [3.8, 4) is 5.75 Å². The second-order valence-electron chi connectivity index (χ2n) is 7.41. The Kier molecular flexibility index (Phi) is 5.21. The lowest BCUT2D eigenvalue weighted by molar-refractivity contribution is -0.122. The topological polar surface area (TPSA) is 85.3 Å². The molecule has 1 unspecified atom stereocenters. The second-order valence-corrected chi connectivity index (χ2v) is 7.41. The standard InChI is InChI=1S/C20H26N4O3/c1-11(2)10-24-13(4)16(12(3)23-24)9-19(25)21-15-6-7-18-17(8-15)22-20(26)14(5)27-18/h6-8,11,14H,9-10H2,1-5H3,(H,21,25)(H,22,26). The summed E-state index contributed by atoms with van der Waals surface area (Å²) in [6, 6.07) is 5.22. The molecule has 1 aromatic heterocycles. The van der Waals surface area contributed by atoms with E-state index in [2.05, 4.69) is 29.6 Å². The van der Waals surface area contributed by atoms with Gasteiger partial charge in [0.05, 0.1) is 17.8 Å². The number of nitrogens with one attached hydrogen (secondary N) is 2. The fourth-order valence-electron chi connectivity index (χ4n) is 3.17. The molecule has 2 aromatic rings. The molecule has 1 aliphatic rings. The van der Waals surface area contributed by atoms with Crippen molar-refractivity contribution in [1.29, 1.82) is 0 Å². The van der Waals surface area contributed by atoms with Gasteiger partial charge >= 0.3 is 0 Å². The SMILES string of the molecule is Cc1nn(CC(C)C)c(C)c1CC(=O)Nc1ccc2c(c1)NC(=O)C(C)O2. The van der Waals surface area contributed by atoms with Crippen molar-refractivity contribution in [2.75, 3.05) is 10.6 Å². The molecule has 2 amide bonds. The fourth-order valence-corrected chi connectivity index (χ4v) is 3.17. The number of benzene rings is 1. The van der Waals surface area contributed by atoms with Crippen LogP contribution in [0.3, 0.4) is 0 Å². The van der Waals surface area contributed by atoms with Crippen LogP contribution < -0.4 is 15.4 Å². The Labute approximate surface area is 159 Å². The van der Waals surface area contributed by atoms with Crippen LogP contribution in [-0.2, 0) is 22.6 Å². The highest BCUT2D eigenvalue weighted by molar-refractivity contribution is 5.99. The largest absolute Gasteiger partial charge is 0.479 e. The maximum Gasteiger partial charge on any atom is 0.265 e. The summed E-state index contributed by atoms with van der Waals surface area (Å²) in [4.78, 5) is 24.3. The zero-order valence-corrected chi connectivity index (χ0v) is 16.4. The molecule has 0 aliphatic carbocycles. The molecule has 0 radical (unpaired) electrons. The van der Waals surface area contributed by atoms with Gasteiger partial charge in [0.2, 0.25) is 5.91 Å². The van der Waals surface area contributed by atoms with Crippen LogP contribution in [0.5, 0.6) is 5.75 Å². The number of carbonyl (C=O) groups excluding carboxylic acids is 2. The van der Waals surface area contributed by atoms with E-state index in [1.807, 2.05) is 18.5 Å². The van der Waals surface area contributed by atoms with E-state index in [9.17, 15) is 9.59 Å². The van der Waals surface area contributed by atoms with Crippen molar-refractivity contribution in [3.05, 3.63) is 35.2 Å². The van der Waals surface area contributed by atoms with Gasteiger partial charge in [-0.05, 0) is 44.9 Å². The molecule has 2 heterocycles. The van der Waals surface area contributed by atoms with Crippen molar-refractivity contribution in [1.82, 2.24) is 9.78 Å². The van der Waals surface area contributed by atoms with Crippen LogP contribution in [0.15, 0.2) is 18.2 Å². The molecule has 0 saturated carbocycles. The van der Waals surface area contributed by atoms with E-state index in [4.69, 9.17) is 4.74 Å². The highest BCUT2D eigenvalue weighted by atomic mass is 16.5. The number of nitrogens with zero attached hydrogens (tertiary/aromatic N) is 2. The second kappa shape index (κ2) is 7.42. The maximum atomic E-state index is 12.5. The Morgan fingerprint density at radius 3 is 2.81 bits per heavy atom. The van der Waals surface area contributed by atoms with Crippen molar-refractivity contribution < 1.29 is 14.3 Å². The normalized spacial score (nSPS) is 15.9. The van der Waals surface area contributed by atoms with Crippen LogP contribution in [0, 0.1) is 19.8 Å². The first-order valence-electron chi connectivity index (χ1n) is 9.19. The molecule has 0 spiro atoms. The van der Waals surface area contributed by atoms with Gasteiger partial charge < -0.3 is 15.4 Å². The first-order valence-corrected chi connectivity index (χ1v) is 9.19. The van der Waals surface area contributed by atoms with Gasteiger partial charge in [-0.3, -0.25) is 14.3 Å². The van der Waals surface area contributed by atoms with E-state index in [1.165, 1.54) is 0 Å². The van der Waals surface area contributed by atoms with Gasteiger partial charge in [0, 0.05) is 23.5 Å². The van der Waals surface area contributed by atoms with Crippen molar-refractivity contribution in [2.45, 2.75) is 53.7 Å². The van der Waals surface area contributed by atoms with Gasteiger partial charge in [0.25, 0.3) is 5.91 Å². The number of amides is 2. The summed E-state index contributed by atoms with van der Waals surface area (Å²) in [6.07, 6.45) is -0.265. The van der Waals surface area contributed by atoms with Crippen LogP contribution in [0.1, 0.15) is 37.7 Å². The van der Waals surface area contributed by atoms with Gasteiger partial charge in [-0.15, -0.1) is 0 Å². The van der Waals surface area contributed by atoms with Gasteiger partial charge in [-0.25, -0.2) is 0 Å². The Balaban J connectivity index is 1.71. The number of aryl methyl sites for hydroxylation is 1. The third kappa shape index (κ3) is 4.13. The lowest BCUT2D eigenvalue weighted by Crippen LogP contribution is -2.34. The lowest BCUT2D eigenvalue weighted by atomic mass is 10.1. The number of ether oxygens (including phenoxy) is 1. The Morgan fingerprint density at radius 2 is 2.11 bits per heavy atom. The summed E-state index contributed by atoms with van der Waals surface area (Å²) in [7, 11) is 0. The van der Waals surface area contributed by atoms with Crippen LogP contribution >= 0.6 is 0 Å². The predicted octanol–water partition coefficient (Wildman–Crippen LogP) is 3.06. The average Bonchev–Trinajstić information content (AvgIpc) is 2.83. The maximum absolute atomic E-state index is 12.5. The lowest BCUT2D eigenvalue weighted by Gasteiger charge is -2.23. The van der Waals surface area contributed by atoms with E-state index in [1.54, 1.807) is 25.1 Å². The fraction of sp³-hybridized carbons (Fsp3) is 0.450. The van der Waals surface area contributed by atoms with E-state index >= 15 is 0 Å². The average molecular weight is 370 g/mol. The van der Waals surface area contributed by atoms with Crippen molar-refractivity contribution in [2.24, 2.45) is 5.92 Å². The van der Waals surface area contributed by atoms with Gasteiger partial charge in [0.1, 0.15) is 5.75 Å². The molecule has 7 heteroatoms. The molecule has 1 atom stereocenters. The highest BCUT2D eigenvalue weighted by Gasteiger charge is 2.24. The minimum atomic E-state index is -0.522. The van der Waals surface area contributed by atoms with Crippen LogP contribution in [0.4, 0.5) is 11.4 Å². The van der Waals surface area contributed by atoms with E-state index in [-0.39, 0.29) is 18.2 Å². The Hall–Kier alpha value is -2.83. The smallest absolute Gasteiger partial charge is 0.265 e. The van der Waals surface area contributed by atoms with Gasteiger partial charge in [-0.1, -0.05) is 13.8 Å². The molecule has 2 N–H and O–H groups in total. The first kappa shape index (κ1) is 18.9. The van der Waals surface area contributed by atoms with Crippen LogP contribution in [-0.4, -0.2) is 27.7 Å². The summed E-state index contributed by atoms with van der Waals surface area (Å²) >= 11 is 0. The number of rotatable bonds is 5. The molecular formula is C20H26N4O3. The molecule has 1 aromatic carbocycles. The summed E-state index contributed by atoms with van der Waals surface area (Å²) in [5.41, 5.74) is 4.03. The van der Waals surface area contributed by atoms with Crippen molar-refractivity contribution >= 4 is 23.2 Å². The van der Waals surface area contributed by atoms with E-state index < -0.39 is 6.10 Å². The van der Waals surface area contributed by atoms with E-state index in [0.29, 0.717) is 23.0 Å². The molecule has 27 heavy (non-hydrogen) atoms. The third-order valence-electron chi connectivity index (χ3n) is 4.60. The van der Waals surface area contributed by atoms with Crippen LogP contribution in [0.2, 0.25) is 0 Å². The molecule has 7 nitrogen and oxygen atoms in total. The van der Waals surface area contributed by atoms with Crippen LogP contribution in [0.25, 0.3) is 0 Å². The summed E-state index contributed by atoms with van der Waals surface area (Å²) < 4.78 is 7.50. The third-order valence-corrected chi connectivity index (χ3v) is 4.60. The molecule has 144 valence electrons. The minimum absolute atomic E-state index is 0.123. The Bertz CT molecular complexity index is 886. The van der Waals surface area contributed by atoms with Gasteiger partial charge in [0.15, 0.2) is 6.10 Å². The Morgan fingerprint density at radius 1 is 1.37 bits per heavy atom. The number of anilines is 2. The number of hydrogen-bond acceptors (Lipinski definition) is 4. The highest BCUT2D eigenvalue weighted by Crippen LogP contribution is 2.32. The number of fused-ring (bicyclic) bond motifs is 1. The molecule has 3 rings (SSSR count). The van der Waals surface area contributed by atoms with E-state index in [0.717, 1.165) is 23.5 Å². The molecular weight excluding hydrogens is 344 g/mol. The molecule has 0 bridgehead atoms. The molecule has 0 fully saturated rings. The summed E-state index contributed by atoms with van der Waals surface area (Å²) in [5.74, 6) is 0.763. The molecule has 1 aliphatic heterocycles. The van der Waals surface area contributed by atoms with Crippen molar-refractivity contribution in [3.63, 3.8) is 0 Å². The summed E-state index contributed by atoms with van der Waals surface area (Å²) in [5, 5.41) is 10.2. The zero-order valence-electron chi connectivity index (χ0n) is 16.4. The van der Waals surface area contributed by atoms with Gasteiger partial charge in [-0.2, -0.15) is 5.10 Å². The number of hydrogen-bond donors (Lipinski definition) is 2. The molecule has 0 saturated heterocycles.